The minimum Gasteiger partial charge on any atom is -0.496 e. The summed E-state index contributed by atoms with van der Waals surface area (Å²) in [5.41, 5.74) is 2.27. The van der Waals surface area contributed by atoms with E-state index in [-0.39, 0.29) is 6.61 Å². The molecule has 0 aliphatic heterocycles. The molecule has 2 aromatic rings. The van der Waals surface area contributed by atoms with Gasteiger partial charge in [-0.2, -0.15) is 0 Å². The number of nitrogens with zero attached hydrogens (tertiary/aromatic N) is 2. The Hall–Kier alpha value is -2.28. The van der Waals surface area contributed by atoms with Gasteiger partial charge in [0, 0.05) is 31.2 Å². The Labute approximate surface area is 181 Å². The quantitative estimate of drug-likeness (QED) is 0.572. The molecule has 2 aromatic carbocycles. The number of likely N-dealkylation sites (N-methyl/N-ethyl adjacent to an activating group) is 1. The second-order valence-corrected chi connectivity index (χ2v) is 7.97. The van der Waals surface area contributed by atoms with Crippen molar-refractivity contribution in [2.75, 3.05) is 41.5 Å². The zero-order chi connectivity index (χ0) is 22.1. The fourth-order valence-corrected chi connectivity index (χ4v) is 3.20. The molecule has 0 heterocycles. The zero-order valence-corrected chi connectivity index (χ0v) is 19.1. The number of aliphatic hydroxyl groups excluding tert-OH is 1. The Kier molecular flexibility index (Phi) is 9.43. The molecule has 2 rings (SSSR count). The van der Waals surface area contributed by atoms with Gasteiger partial charge in [-0.3, -0.25) is 4.90 Å². The van der Waals surface area contributed by atoms with Crippen molar-refractivity contribution < 1.29 is 19.3 Å². The molecule has 166 valence electrons. The lowest BCUT2D eigenvalue weighted by Crippen LogP contribution is -2.36. The van der Waals surface area contributed by atoms with Gasteiger partial charge in [0.05, 0.1) is 14.2 Å². The van der Waals surface area contributed by atoms with Crippen LogP contribution in [0.1, 0.15) is 25.0 Å². The van der Waals surface area contributed by atoms with Crippen LogP contribution in [0.15, 0.2) is 42.5 Å². The van der Waals surface area contributed by atoms with Gasteiger partial charge < -0.3 is 24.2 Å². The topological polar surface area (TPSA) is 54.4 Å². The third-order valence-corrected chi connectivity index (χ3v) is 5.12. The number of hydrogen-bond acceptors (Lipinski definition) is 6. The number of hydrogen-bond donors (Lipinski definition) is 1. The molecule has 0 aromatic heterocycles. The van der Waals surface area contributed by atoms with Crippen LogP contribution in [0.2, 0.25) is 0 Å². The molecule has 0 radical (unpaired) electrons. The van der Waals surface area contributed by atoms with Crippen molar-refractivity contribution in [3.05, 3.63) is 53.6 Å². The highest BCUT2D eigenvalue weighted by molar-refractivity contribution is 5.43. The van der Waals surface area contributed by atoms with Crippen molar-refractivity contribution in [2.45, 2.75) is 39.1 Å². The van der Waals surface area contributed by atoms with E-state index < -0.39 is 6.10 Å². The highest BCUT2D eigenvalue weighted by atomic mass is 16.5. The normalized spacial score (nSPS) is 12.5. The summed E-state index contributed by atoms with van der Waals surface area (Å²) in [6.07, 6.45) is -0.561. The van der Waals surface area contributed by atoms with Crippen molar-refractivity contribution in [1.82, 2.24) is 9.80 Å². The molecule has 0 bridgehead atoms. The first-order chi connectivity index (χ1) is 14.3. The van der Waals surface area contributed by atoms with Gasteiger partial charge in [-0.1, -0.05) is 24.3 Å². The Balaban J connectivity index is 1.96. The van der Waals surface area contributed by atoms with Crippen molar-refractivity contribution in [3.8, 4) is 17.2 Å². The number of rotatable bonds is 12. The van der Waals surface area contributed by atoms with E-state index in [4.69, 9.17) is 14.2 Å². The number of methoxy groups -OCH3 is 2. The molecule has 30 heavy (non-hydrogen) atoms. The fourth-order valence-electron chi connectivity index (χ4n) is 3.20. The lowest BCUT2D eigenvalue weighted by atomic mass is 10.1. The van der Waals surface area contributed by atoms with Crippen LogP contribution in [-0.4, -0.2) is 68.5 Å². The summed E-state index contributed by atoms with van der Waals surface area (Å²) in [5.74, 6) is 2.20. The molecule has 0 saturated heterocycles. The minimum absolute atomic E-state index is 0.223. The molecule has 1 N–H and O–H groups in total. The molecule has 1 atom stereocenters. The smallest absolute Gasteiger partial charge is 0.161 e. The van der Waals surface area contributed by atoms with Gasteiger partial charge in [-0.15, -0.1) is 0 Å². The first-order valence-corrected chi connectivity index (χ1v) is 10.3. The third kappa shape index (κ3) is 7.20. The van der Waals surface area contributed by atoms with Crippen molar-refractivity contribution in [2.24, 2.45) is 0 Å². The van der Waals surface area contributed by atoms with Crippen LogP contribution in [0.3, 0.4) is 0 Å². The van der Waals surface area contributed by atoms with Crippen LogP contribution < -0.4 is 14.2 Å². The maximum absolute atomic E-state index is 10.2. The number of aliphatic hydroxyl groups is 1. The standard InChI is InChI=1S/C24H36N2O4/c1-18(2)26(4)16-21(27)17-30-23-12-11-19(13-24(23)29-6)14-25(3)15-20-9-7-8-10-22(20)28-5/h7-13,18,21,27H,14-17H2,1-6H3/t21-/m1/s1. The average Bonchev–Trinajstić information content (AvgIpc) is 2.72. The largest absolute Gasteiger partial charge is 0.496 e. The maximum atomic E-state index is 10.2. The molecule has 0 amide bonds. The summed E-state index contributed by atoms with van der Waals surface area (Å²) in [6.45, 7) is 6.52. The zero-order valence-electron chi connectivity index (χ0n) is 19.1. The molecule has 0 spiro atoms. The summed E-state index contributed by atoms with van der Waals surface area (Å²) < 4.78 is 16.8. The van der Waals surface area contributed by atoms with E-state index in [1.165, 1.54) is 0 Å². The third-order valence-electron chi connectivity index (χ3n) is 5.12. The van der Waals surface area contributed by atoms with Gasteiger partial charge in [0.25, 0.3) is 0 Å². The minimum atomic E-state index is -0.561. The Morgan fingerprint density at radius 2 is 1.60 bits per heavy atom. The monoisotopic (exact) mass is 416 g/mol. The number of ether oxygens (including phenoxy) is 3. The fraction of sp³-hybridized carbons (Fsp3) is 0.500. The molecule has 0 fully saturated rings. The summed E-state index contributed by atoms with van der Waals surface area (Å²) in [5, 5.41) is 10.2. The van der Waals surface area contributed by atoms with Gasteiger partial charge in [0.15, 0.2) is 11.5 Å². The Morgan fingerprint density at radius 1 is 0.900 bits per heavy atom. The van der Waals surface area contributed by atoms with Gasteiger partial charge in [0.1, 0.15) is 18.5 Å². The second-order valence-electron chi connectivity index (χ2n) is 7.97. The van der Waals surface area contributed by atoms with E-state index in [9.17, 15) is 5.11 Å². The Bertz CT molecular complexity index is 782. The Morgan fingerprint density at radius 3 is 2.27 bits per heavy atom. The molecular formula is C24H36N2O4. The van der Waals surface area contributed by atoms with Gasteiger partial charge in [0.2, 0.25) is 0 Å². The summed E-state index contributed by atoms with van der Waals surface area (Å²) in [7, 11) is 7.39. The van der Waals surface area contributed by atoms with E-state index in [1.54, 1.807) is 14.2 Å². The van der Waals surface area contributed by atoms with Gasteiger partial charge in [-0.05, 0) is 51.7 Å². The molecule has 6 nitrogen and oxygen atoms in total. The SMILES string of the molecule is COc1ccccc1CN(C)Cc1ccc(OC[C@H](O)CN(C)C(C)C)c(OC)c1. The lowest BCUT2D eigenvalue weighted by Gasteiger charge is -2.24. The number of benzene rings is 2. The molecule has 0 unspecified atom stereocenters. The van der Waals surface area contributed by atoms with Crippen LogP contribution in [0, 0.1) is 0 Å². The highest BCUT2D eigenvalue weighted by Crippen LogP contribution is 2.29. The summed E-state index contributed by atoms with van der Waals surface area (Å²) >= 11 is 0. The number of para-hydroxylation sites is 1. The molecule has 6 heteroatoms. The van der Waals surface area contributed by atoms with E-state index in [2.05, 4.69) is 36.8 Å². The average molecular weight is 417 g/mol. The van der Waals surface area contributed by atoms with Crippen LogP contribution in [0.25, 0.3) is 0 Å². The van der Waals surface area contributed by atoms with Crippen molar-refractivity contribution >= 4 is 0 Å². The van der Waals surface area contributed by atoms with E-state index in [0.717, 1.165) is 30.0 Å². The first-order valence-electron chi connectivity index (χ1n) is 10.3. The highest BCUT2D eigenvalue weighted by Gasteiger charge is 2.14. The van der Waals surface area contributed by atoms with Crippen LogP contribution in [0.5, 0.6) is 17.2 Å². The second kappa shape index (κ2) is 11.8. The molecular weight excluding hydrogens is 380 g/mol. The summed E-state index contributed by atoms with van der Waals surface area (Å²) in [6, 6.07) is 14.4. The van der Waals surface area contributed by atoms with Gasteiger partial charge >= 0.3 is 0 Å². The predicted molar refractivity (Wildman–Crippen MR) is 120 cm³/mol. The summed E-state index contributed by atoms with van der Waals surface area (Å²) in [4.78, 5) is 4.31. The van der Waals surface area contributed by atoms with Crippen LogP contribution >= 0.6 is 0 Å². The van der Waals surface area contributed by atoms with Gasteiger partial charge in [-0.25, -0.2) is 0 Å². The predicted octanol–water partition coefficient (Wildman–Crippen LogP) is 3.42. The van der Waals surface area contributed by atoms with Crippen LogP contribution in [-0.2, 0) is 13.1 Å². The molecule has 0 saturated carbocycles. The molecule has 0 aliphatic rings. The van der Waals surface area contributed by atoms with Crippen molar-refractivity contribution in [3.63, 3.8) is 0 Å². The van der Waals surface area contributed by atoms with Crippen LogP contribution in [0.4, 0.5) is 0 Å². The van der Waals surface area contributed by atoms with E-state index in [1.807, 2.05) is 43.4 Å². The van der Waals surface area contributed by atoms with Crippen molar-refractivity contribution in [1.29, 1.82) is 0 Å². The molecule has 0 aliphatic carbocycles. The van der Waals surface area contributed by atoms with E-state index >= 15 is 0 Å². The first kappa shape index (κ1) is 24.0. The maximum Gasteiger partial charge on any atom is 0.161 e. The lowest BCUT2D eigenvalue weighted by molar-refractivity contribution is 0.0668. The van der Waals surface area contributed by atoms with E-state index in [0.29, 0.717) is 24.1 Å².